The fourth-order valence-electron chi connectivity index (χ4n) is 1.76. The summed E-state index contributed by atoms with van der Waals surface area (Å²) in [6, 6.07) is 11.7. The first kappa shape index (κ1) is 11.0. The molecule has 0 aliphatic heterocycles. The molecule has 2 rings (SSSR count). The molecule has 0 bridgehead atoms. The Kier molecular flexibility index (Phi) is 3.15. The molecule has 0 aromatic heterocycles. The van der Waals surface area contributed by atoms with Crippen LogP contribution in [0.2, 0.25) is 0 Å². The van der Waals surface area contributed by atoms with Crippen LogP contribution in [0.4, 0.5) is 0 Å². The first-order valence-corrected chi connectivity index (χ1v) is 6.14. The predicted octanol–water partition coefficient (Wildman–Crippen LogP) is 3.35. The molecule has 3 heteroatoms. The highest BCUT2D eigenvalue weighted by Gasteiger charge is 2.12. The quantitative estimate of drug-likeness (QED) is 0.586. The van der Waals surface area contributed by atoms with Gasteiger partial charge in [-0.05, 0) is 23.8 Å². The molecule has 0 saturated carbocycles. The van der Waals surface area contributed by atoms with E-state index in [0.717, 1.165) is 15.7 Å². The van der Waals surface area contributed by atoms with Crippen molar-refractivity contribution in [1.29, 1.82) is 0 Å². The van der Waals surface area contributed by atoms with Crippen molar-refractivity contribution in [2.45, 2.75) is 4.90 Å². The van der Waals surface area contributed by atoms with Crippen LogP contribution in [0.3, 0.4) is 0 Å². The lowest BCUT2D eigenvalue weighted by Crippen LogP contribution is -2.02. The maximum absolute atomic E-state index is 11.7. The molecule has 0 aliphatic carbocycles. The van der Waals surface area contributed by atoms with Gasteiger partial charge >= 0.3 is 5.97 Å². The second-order valence-electron chi connectivity index (χ2n) is 3.36. The zero-order valence-corrected chi connectivity index (χ0v) is 10.0. The van der Waals surface area contributed by atoms with Crippen LogP contribution in [0.5, 0.6) is 0 Å². The second-order valence-corrected chi connectivity index (χ2v) is 4.20. The third-order valence-electron chi connectivity index (χ3n) is 2.49. The molecular weight excluding hydrogens is 220 g/mol. The summed E-state index contributed by atoms with van der Waals surface area (Å²) in [7, 11) is 1.41. The first-order valence-electron chi connectivity index (χ1n) is 4.92. The van der Waals surface area contributed by atoms with Gasteiger partial charge in [0.25, 0.3) is 0 Å². The fourth-order valence-corrected chi connectivity index (χ4v) is 2.40. The smallest absolute Gasteiger partial charge is 0.338 e. The molecule has 2 nitrogen and oxygen atoms in total. The van der Waals surface area contributed by atoms with E-state index in [1.165, 1.54) is 7.11 Å². The topological polar surface area (TPSA) is 26.3 Å². The van der Waals surface area contributed by atoms with E-state index in [2.05, 4.69) is 0 Å². The van der Waals surface area contributed by atoms with Gasteiger partial charge < -0.3 is 4.74 Å². The van der Waals surface area contributed by atoms with Crippen LogP contribution in [0.1, 0.15) is 10.4 Å². The van der Waals surface area contributed by atoms with Gasteiger partial charge in [0.1, 0.15) is 0 Å². The molecule has 0 spiro atoms. The monoisotopic (exact) mass is 232 g/mol. The number of rotatable bonds is 2. The lowest BCUT2D eigenvalue weighted by molar-refractivity contribution is 0.0603. The van der Waals surface area contributed by atoms with E-state index < -0.39 is 0 Å². The van der Waals surface area contributed by atoms with Crippen LogP contribution in [0, 0.1) is 0 Å². The van der Waals surface area contributed by atoms with E-state index in [1.807, 2.05) is 36.6 Å². The summed E-state index contributed by atoms with van der Waals surface area (Å²) >= 11 is 1.63. The Labute approximate surface area is 98.6 Å². The number of methoxy groups -OCH3 is 1. The number of benzene rings is 2. The van der Waals surface area contributed by atoms with Crippen LogP contribution < -0.4 is 0 Å². The zero-order chi connectivity index (χ0) is 11.5. The standard InChI is InChI=1S/C13H12O2S/c1-15-13(14)10-7-3-5-9-6-4-8-11(16-2)12(9)10/h3-8H,1-2H3. The van der Waals surface area contributed by atoms with Crippen LogP contribution >= 0.6 is 11.8 Å². The highest BCUT2D eigenvalue weighted by atomic mass is 32.2. The minimum absolute atomic E-state index is 0.285. The molecule has 0 radical (unpaired) electrons. The number of fused-ring (bicyclic) bond motifs is 1. The van der Waals surface area contributed by atoms with E-state index in [1.54, 1.807) is 17.8 Å². The van der Waals surface area contributed by atoms with E-state index in [9.17, 15) is 4.79 Å². The van der Waals surface area contributed by atoms with Crippen molar-refractivity contribution in [3.63, 3.8) is 0 Å². The SMILES string of the molecule is COC(=O)c1cccc2cccc(SC)c12. The lowest BCUT2D eigenvalue weighted by atomic mass is 10.0. The molecule has 2 aromatic rings. The second kappa shape index (κ2) is 4.58. The first-order chi connectivity index (χ1) is 7.77. The summed E-state index contributed by atoms with van der Waals surface area (Å²) in [5.74, 6) is -0.285. The molecule has 0 atom stereocenters. The molecule has 0 saturated heterocycles. The maximum Gasteiger partial charge on any atom is 0.338 e. The summed E-state index contributed by atoms with van der Waals surface area (Å²) < 4.78 is 4.80. The average molecular weight is 232 g/mol. The summed E-state index contributed by atoms with van der Waals surface area (Å²) in [4.78, 5) is 12.8. The zero-order valence-electron chi connectivity index (χ0n) is 9.19. The highest BCUT2D eigenvalue weighted by Crippen LogP contribution is 2.29. The number of carbonyl (C=O) groups excluding carboxylic acids is 1. The minimum atomic E-state index is -0.285. The number of carbonyl (C=O) groups is 1. The Hall–Kier alpha value is -1.48. The molecule has 0 heterocycles. The Morgan fingerprint density at radius 3 is 2.50 bits per heavy atom. The summed E-state index contributed by atoms with van der Waals surface area (Å²) in [6.07, 6.45) is 2.00. The van der Waals surface area contributed by atoms with E-state index in [0.29, 0.717) is 5.56 Å². The number of esters is 1. The average Bonchev–Trinajstić information content (AvgIpc) is 2.36. The van der Waals surface area contributed by atoms with Crippen LogP contribution in [0.25, 0.3) is 10.8 Å². The summed E-state index contributed by atoms with van der Waals surface area (Å²) in [5.41, 5.74) is 0.630. The fraction of sp³-hybridized carbons (Fsp3) is 0.154. The van der Waals surface area contributed by atoms with Crippen molar-refractivity contribution >= 4 is 28.5 Å². The van der Waals surface area contributed by atoms with Gasteiger partial charge in [-0.1, -0.05) is 24.3 Å². The van der Waals surface area contributed by atoms with Gasteiger partial charge in [0, 0.05) is 10.3 Å². The van der Waals surface area contributed by atoms with Crippen molar-refractivity contribution in [3.05, 3.63) is 42.0 Å². The van der Waals surface area contributed by atoms with E-state index in [-0.39, 0.29) is 5.97 Å². The maximum atomic E-state index is 11.7. The highest BCUT2D eigenvalue weighted by molar-refractivity contribution is 7.98. The Morgan fingerprint density at radius 2 is 1.88 bits per heavy atom. The van der Waals surface area contributed by atoms with Gasteiger partial charge in [-0.25, -0.2) is 4.79 Å². The van der Waals surface area contributed by atoms with E-state index >= 15 is 0 Å². The molecule has 0 amide bonds. The largest absolute Gasteiger partial charge is 0.465 e. The lowest BCUT2D eigenvalue weighted by Gasteiger charge is -2.08. The minimum Gasteiger partial charge on any atom is -0.465 e. The Morgan fingerprint density at radius 1 is 1.19 bits per heavy atom. The Balaban J connectivity index is 2.78. The van der Waals surface area contributed by atoms with Crippen LogP contribution in [-0.2, 0) is 4.74 Å². The molecular formula is C13H12O2S. The number of thioether (sulfide) groups is 1. The number of hydrogen-bond acceptors (Lipinski definition) is 3. The van der Waals surface area contributed by atoms with Crippen LogP contribution in [0.15, 0.2) is 41.3 Å². The van der Waals surface area contributed by atoms with Crippen molar-refractivity contribution in [2.75, 3.05) is 13.4 Å². The van der Waals surface area contributed by atoms with Gasteiger partial charge in [0.15, 0.2) is 0 Å². The molecule has 0 aliphatic rings. The molecule has 2 aromatic carbocycles. The molecule has 0 N–H and O–H groups in total. The molecule has 16 heavy (non-hydrogen) atoms. The normalized spacial score (nSPS) is 10.4. The number of hydrogen-bond donors (Lipinski definition) is 0. The van der Waals surface area contributed by atoms with Crippen LogP contribution in [-0.4, -0.2) is 19.3 Å². The Bertz CT molecular complexity index is 529. The van der Waals surface area contributed by atoms with Gasteiger partial charge in [-0.3, -0.25) is 0 Å². The predicted molar refractivity (Wildman–Crippen MR) is 67.1 cm³/mol. The molecule has 0 unspecified atom stereocenters. The van der Waals surface area contributed by atoms with Gasteiger partial charge in [-0.2, -0.15) is 0 Å². The van der Waals surface area contributed by atoms with Crippen molar-refractivity contribution < 1.29 is 9.53 Å². The summed E-state index contributed by atoms with van der Waals surface area (Å²) in [5, 5.41) is 2.04. The van der Waals surface area contributed by atoms with Gasteiger partial charge in [-0.15, -0.1) is 11.8 Å². The number of ether oxygens (including phenoxy) is 1. The van der Waals surface area contributed by atoms with Gasteiger partial charge in [0.2, 0.25) is 0 Å². The molecule has 82 valence electrons. The van der Waals surface area contributed by atoms with E-state index in [4.69, 9.17) is 4.74 Å². The summed E-state index contributed by atoms with van der Waals surface area (Å²) in [6.45, 7) is 0. The van der Waals surface area contributed by atoms with Crippen molar-refractivity contribution in [3.8, 4) is 0 Å². The van der Waals surface area contributed by atoms with Crippen molar-refractivity contribution in [1.82, 2.24) is 0 Å². The third-order valence-corrected chi connectivity index (χ3v) is 3.27. The van der Waals surface area contributed by atoms with Gasteiger partial charge in [0.05, 0.1) is 12.7 Å². The van der Waals surface area contributed by atoms with Crippen molar-refractivity contribution in [2.24, 2.45) is 0 Å². The third kappa shape index (κ3) is 1.78. The molecule has 0 fully saturated rings.